The molecular weight excluding hydrogens is 371 g/mol. The van der Waals surface area contributed by atoms with Crippen LogP contribution in [-0.2, 0) is 11.3 Å². The molecule has 0 bridgehead atoms. The van der Waals surface area contributed by atoms with Gasteiger partial charge >= 0.3 is 0 Å². The number of carbonyl (C=O) groups is 1. The van der Waals surface area contributed by atoms with Crippen molar-refractivity contribution in [3.63, 3.8) is 0 Å². The zero-order valence-electron chi connectivity index (χ0n) is 16.4. The molecule has 0 saturated heterocycles. The second kappa shape index (κ2) is 9.59. The fourth-order valence-electron chi connectivity index (χ4n) is 2.75. The van der Waals surface area contributed by atoms with Crippen molar-refractivity contribution < 1.29 is 18.7 Å². The summed E-state index contributed by atoms with van der Waals surface area (Å²) in [7, 11) is 3.07. The molecule has 0 fully saturated rings. The van der Waals surface area contributed by atoms with E-state index in [1.165, 1.54) is 18.1 Å². The fraction of sp³-hybridized carbons (Fsp3) is 0.174. The fourth-order valence-corrected chi connectivity index (χ4v) is 2.75. The molecule has 29 heavy (non-hydrogen) atoms. The topological polar surface area (TPSA) is 50.8 Å². The molecule has 1 N–H and O–H groups in total. The predicted octanol–water partition coefficient (Wildman–Crippen LogP) is 4.62. The summed E-state index contributed by atoms with van der Waals surface area (Å²) in [4.78, 5) is 13.8. The standard InChI is InChI=1S/C23H23FN2O3/c1-26(15-17-8-13-22(28-2)21(24)14-17)23(27)16-29-20-11-9-19(10-12-20)25-18-6-4-3-5-7-18/h3-14,25H,15-16H2,1-2H3. The summed E-state index contributed by atoms with van der Waals surface area (Å²) >= 11 is 0. The highest BCUT2D eigenvalue weighted by Crippen LogP contribution is 2.20. The smallest absolute Gasteiger partial charge is 0.260 e. The molecule has 3 aromatic carbocycles. The summed E-state index contributed by atoms with van der Waals surface area (Å²) in [5.74, 6) is 0.121. The van der Waals surface area contributed by atoms with Crippen molar-refractivity contribution in [3.8, 4) is 11.5 Å². The normalized spacial score (nSPS) is 10.3. The van der Waals surface area contributed by atoms with Crippen LogP contribution in [0.2, 0.25) is 0 Å². The lowest BCUT2D eigenvalue weighted by molar-refractivity contribution is -0.132. The van der Waals surface area contributed by atoms with Crippen LogP contribution >= 0.6 is 0 Å². The Morgan fingerprint density at radius 3 is 2.34 bits per heavy atom. The van der Waals surface area contributed by atoms with Crippen LogP contribution in [0.1, 0.15) is 5.56 Å². The van der Waals surface area contributed by atoms with Gasteiger partial charge in [-0.2, -0.15) is 0 Å². The summed E-state index contributed by atoms with van der Waals surface area (Å²) < 4.78 is 24.3. The Kier molecular flexibility index (Phi) is 6.68. The number of hydrogen-bond donors (Lipinski definition) is 1. The zero-order chi connectivity index (χ0) is 20.6. The number of likely N-dealkylation sites (N-methyl/N-ethyl adjacent to an activating group) is 1. The quantitative estimate of drug-likeness (QED) is 0.606. The third-order valence-corrected chi connectivity index (χ3v) is 4.34. The van der Waals surface area contributed by atoms with Crippen molar-refractivity contribution in [1.29, 1.82) is 0 Å². The molecule has 0 unspecified atom stereocenters. The lowest BCUT2D eigenvalue weighted by Crippen LogP contribution is -2.31. The summed E-state index contributed by atoms with van der Waals surface area (Å²) in [5.41, 5.74) is 2.59. The van der Waals surface area contributed by atoms with Gasteiger partial charge in [-0.1, -0.05) is 24.3 Å². The number of methoxy groups -OCH3 is 1. The second-order valence-electron chi connectivity index (χ2n) is 6.52. The zero-order valence-corrected chi connectivity index (χ0v) is 16.4. The van der Waals surface area contributed by atoms with Gasteiger partial charge in [0, 0.05) is 25.0 Å². The van der Waals surface area contributed by atoms with Gasteiger partial charge in [0.05, 0.1) is 7.11 Å². The van der Waals surface area contributed by atoms with Crippen LogP contribution in [0.4, 0.5) is 15.8 Å². The largest absolute Gasteiger partial charge is 0.494 e. The van der Waals surface area contributed by atoms with Crippen molar-refractivity contribution >= 4 is 17.3 Å². The number of ether oxygens (including phenoxy) is 2. The number of anilines is 2. The number of halogens is 1. The first-order chi connectivity index (χ1) is 14.0. The third-order valence-electron chi connectivity index (χ3n) is 4.34. The molecule has 0 radical (unpaired) electrons. The summed E-state index contributed by atoms with van der Waals surface area (Å²) in [5, 5.41) is 3.28. The van der Waals surface area contributed by atoms with Gasteiger partial charge in [0.25, 0.3) is 5.91 Å². The summed E-state index contributed by atoms with van der Waals surface area (Å²) in [6.45, 7) is 0.184. The van der Waals surface area contributed by atoms with Crippen molar-refractivity contribution in [2.45, 2.75) is 6.54 Å². The molecule has 150 valence electrons. The van der Waals surface area contributed by atoms with E-state index in [0.29, 0.717) is 11.3 Å². The van der Waals surface area contributed by atoms with Gasteiger partial charge in [-0.25, -0.2) is 4.39 Å². The van der Waals surface area contributed by atoms with Gasteiger partial charge < -0.3 is 19.7 Å². The van der Waals surface area contributed by atoms with Gasteiger partial charge in [0.2, 0.25) is 0 Å². The number of hydrogen-bond acceptors (Lipinski definition) is 4. The Labute approximate surface area is 169 Å². The molecule has 3 aromatic rings. The van der Waals surface area contributed by atoms with Gasteiger partial charge in [-0.15, -0.1) is 0 Å². The van der Waals surface area contributed by atoms with Gasteiger partial charge in [-0.05, 0) is 54.1 Å². The van der Waals surface area contributed by atoms with Crippen LogP contribution < -0.4 is 14.8 Å². The highest BCUT2D eigenvalue weighted by atomic mass is 19.1. The van der Waals surface area contributed by atoms with Crippen molar-refractivity contribution in [2.24, 2.45) is 0 Å². The lowest BCUT2D eigenvalue weighted by atomic mass is 10.2. The van der Waals surface area contributed by atoms with E-state index in [-0.39, 0.29) is 24.8 Å². The molecule has 0 aromatic heterocycles. The van der Waals surface area contributed by atoms with E-state index in [4.69, 9.17) is 9.47 Å². The Bertz CT molecular complexity index is 946. The van der Waals surface area contributed by atoms with Gasteiger partial charge in [0.15, 0.2) is 18.2 Å². The molecule has 0 saturated carbocycles. The minimum atomic E-state index is -0.452. The molecule has 0 spiro atoms. The summed E-state index contributed by atoms with van der Waals surface area (Å²) in [6, 6.07) is 21.9. The van der Waals surface area contributed by atoms with E-state index >= 15 is 0 Å². The minimum Gasteiger partial charge on any atom is -0.494 e. The average molecular weight is 394 g/mol. The Morgan fingerprint density at radius 2 is 1.69 bits per heavy atom. The number of amides is 1. The molecule has 0 aliphatic rings. The molecule has 1 amide bonds. The maximum Gasteiger partial charge on any atom is 0.260 e. The van der Waals surface area contributed by atoms with Crippen LogP contribution in [0, 0.1) is 5.82 Å². The molecule has 0 heterocycles. The average Bonchev–Trinajstić information content (AvgIpc) is 2.74. The number of rotatable bonds is 8. The van der Waals surface area contributed by atoms with E-state index in [9.17, 15) is 9.18 Å². The first-order valence-electron chi connectivity index (χ1n) is 9.16. The highest BCUT2D eigenvalue weighted by Gasteiger charge is 2.12. The maximum absolute atomic E-state index is 13.8. The second-order valence-corrected chi connectivity index (χ2v) is 6.52. The SMILES string of the molecule is COc1ccc(CN(C)C(=O)COc2ccc(Nc3ccccc3)cc2)cc1F. The summed E-state index contributed by atoms with van der Waals surface area (Å²) in [6.07, 6.45) is 0. The van der Waals surface area contributed by atoms with Crippen molar-refractivity contribution in [1.82, 2.24) is 4.90 Å². The molecule has 0 aliphatic carbocycles. The first-order valence-corrected chi connectivity index (χ1v) is 9.16. The van der Waals surface area contributed by atoms with Crippen LogP contribution in [0.25, 0.3) is 0 Å². The Balaban J connectivity index is 1.50. The molecular formula is C23H23FN2O3. The first kappa shape index (κ1) is 20.2. The van der Waals surface area contributed by atoms with Crippen LogP contribution in [0.5, 0.6) is 11.5 Å². The monoisotopic (exact) mass is 394 g/mol. The van der Waals surface area contributed by atoms with Crippen molar-refractivity contribution in [2.75, 3.05) is 26.1 Å². The number of para-hydroxylation sites is 1. The van der Waals surface area contributed by atoms with E-state index < -0.39 is 5.82 Å². The number of benzene rings is 3. The maximum atomic E-state index is 13.8. The molecule has 6 heteroatoms. The number of carbonyl (C=O) groups excluding carboxylic acids is 1. The molecule has 0 atom stereocenters. The minimum absolute atomic E-state index is 0.0966. The number of nitrogens with one attached hydrogen (secondary N) is 1. The number of nitrogens with zero attached hydrogens (tertiary/aromatic N) is 1. The van der Waals surface area contributed by atoms with E-state index in [0.717, 1.165) is 11.4 Å². The van der Waals surface area contributed by atoms with E-state index in [1.807, 2.05) is 42.5 Å². The van der Waals surface area contributed by atoms with Crippen molar-refractivity contribution in [3.05, 3.63) is 84.2 Å². The molecule has 5 nitrogen and oxygen atoms in total. The Hall–Kier alpha value is -3.54. The molecule has 3 rings (SSSR count). The lowest BCUT2D eigenvalue weighted by Gasteiger charge is -2.18. The van der Waals surface area contributed by atoms with Crippen LogP contribution in [0.3, 0.4) is 0 Å². The third kappa shape index (κ3) is 5.72. The van der Waals surface area contributed by atoms with Gasteiger partial charge in [0.1, 0.15) is 5.75 Å². The van der Waals surface area contributed by atoms with E-state index in [2.05, 4.69) is 5.32 Å². The predicted molar refractivity (Wildman–Crippen MR) is 111 cm³/mol. The Morgan fingerprint density at radius 1 is 1.00 bits per heavy atom. The van der Waals surface area contributed by atoms with Crippen LogP contribution in [0.15, 0.2) is 72.8 Å². The van der Waals surface area contributed by atoms with Crippen LogP contribution in [-0.4, -0.2) is 31.6 Å². The van der Waals surface area contributed by atoms with Gasteiger partial charge in [-0.3, -0.25) is 4.79 Å². The highest BCUT2D eigenvalue weighted by molar-refractivity contribution is 5.77. The van der Waals surface area contributed by atoms with E-state index in [1.54, 1.807) is 31.3 Å². The molecule has 0 aliphatic heterocycles.